The second-order valence-electron chi connectivity index (χ2n) is 0.796. The van der Waals surface area contributed by atoms with Gasteiger partial charge in [-0.2, -0.15) is 0 Å². The van der Waals surface area contributed by atoms with Crippen LogP contribution in [0, 0.1) is 77.3 Å². The molecule has 0 aliphatic heterocycles. The van der Waals surface area contributed by atoms with Crippen LogP contribution in [0.15, 0.2) is 0 Å². The van der Waals surface area contributed by atoms with Gasteiger partial charge in [-0.15, -0.1) is 0 Å². The summed E-state index contributed by atoms with van der Waals surface area (Å²) in [5, 5.41) is 13.9. The second-order valence-corrected chi connectivity index (χ2v) is 1.82. The number of hydrogen-bond acceptors (Lipinski definition) is 2. The Morgan fingerprint density at radius 2 is 1.12 bits per heavy atom. The fraction of sp³-hybridized carbons (Fsp3) is 0. The van der Waals surface area contributed by atoms with Crippen molar-refractivity contribution in [1.82, 2.24) is 0 Å². The summed E-state index contributed by atoms with van der Waals surface area (Å²) in [6, 6.07) is 0. The van der Waals surface area contributed by atoms with Crippen LogP contribution >= 0.6 is 7.82 Å². The van der Waals surface area contributed by atoms with E-state index in [2.05, 4.69) is 0 Å². The summed E-state index contributed by atoms with van der Waals surface area (Å²) in [7, 11) is -4.64. The zero-order valence-electron chi connectivity index (χ0n) is 14.1. The minimum Gasteiger partial charge on any atom is -1.00 e. The van der Waals surface area contributed by atoms with E-state index >= 15 is 0 Å². The summed E-state index contributed by atoms with van der Waals surface area (Å²) < 4.78 is 8.88. The Bertz CT molecular complexity index is 158. The third-order valence-corrected chi connectivity index (χ3v) is 0. The SMILES string of the molecule is F.O.O=C(O)O.O=P(O)(O)O.[Ba+2].[Ca+2].[Ce].[H-].[H-].[H-].[H-].[H-].[H-].[La].[Sr+2]. The Labute approximate surface area is 269 Å². The molecule has 0 aromatic carbocycles. The quantitative estimate of drug-likeness (QED) is 0.144. The molecule has 15 heteroatoms. The molecule has 0 spiro atoms. The number of carbonyl (C=O) groups is 1. The van der Waals surface area contributed by atoms with Gasteiger partial charge < -0.3 is 38.9 Å². The van der Waals surface area contributed by atoms with Gasteiger partial charge in [-0.25, -0.2) is 9.36 Å². The van der Waals surface area contributed by atoms with Gasteiger partial charge in [-0.3, -0.25) is 4.70 Å². The van der Waals surface area contributed by atoms with Crippen molar-refractivity contribution < 1.29 is 130 Å². The Kier molecular flexibility index (Phi) is 134. The first-order valence-corrected chi connectivity index (χ1v) is 3.00. The summed E-state index contributed by atoms with van der Waals surface area (Å²) in [5.74, 6) is 0. The van der Waals surface area contributed by atoms with E-state index in [1.54, 1.807) is 0 Å². The third-order valence-electron chi connectivity index (χ3n) is 0. The summed E-state index contributed by atoms with van der Waals surface area (Å²) in [4.78, 5) is 30.1. The van der Waals surface area contributed by atoms with Gasteiger partial charge >= 0.3 is 146 Å². The van der Waals surface area contributed by atoms with Crippen molar-refractivity contribution in [3.63, 3.8) is 0 Å². The normalized spacial score (nSPS) is 5.19. The molecule has 0 amide bonds. The molecule has 1 radical (unpaired) electrons. The van der Waals surface area contributed by atoms with E-state index in [-0.39, 0.29) is 228 Å². The van der Waals surface area contributed by atoms with Crippen LogP contribution in [0.25, 0.3) is 0 Å². The summed E-state index contributed by atoms with van der Waals surface area (Å²) in [6.45, 7) is 0. The molecule has 0 saturated heterocycles. The van der Waals surface area contributed by atoms with Gasteiger partial charge in [0.25, 0.3) is 0 Å². The smallest absolute Gasteiger partial charge is 1.00 e. The molecule has 0 atom stereocenters. The zero-order chi connectivity index (χ0) is 8.08. The third kappa shape index (κ3) is 195. The summed E-state index contributed by atoms with van der Waals surface area (Å²) in [5.41, 5.74) is 0. The first-order valence-electron chi connectivity index (χ1n) is 1.43. The van der Waals surface area contributed by atoms with Crippen LogP contribution in [-0.4, -0.2) is 169 Å². The average Bonchev–Trinajstić information content (AvgIpc) is 1.19. The van der Waals surface area contributed by atoms with Crippen LogP contribution in [0.5, 0.6) is 0 Å². The van der Waals surface area contributed by atoms with Crippen LogP contribution in [0.4, 0.5) is 9.50 Å². The molecule has 8 nitrogen and oxygen atoms in total. The number of hydrogen-bond donors (Lipinski definition) is 5. The molecule has 16 heavy (non-hydrogen) atoms. The van der Waals surface area contributed by atoms with Crippen molar-refractivity contribution >= 4 is 146 Å². The monoisotopic (exact) mass is 749 g/mol. The fourth-order valence-electron chi connectivity index (χ4n) is 0. The van der Waals surface area contributed by atoms with E-state index in [9.17, 15) is 0 Å². The zero-order valence-corrected chi connectivity index (χ0v) is 25.9. The van der Waals surface area contributed by atoms with Gasteiger partial charge in [-0.05, 0) is 0 Å². The molecule has 7 N–H and O–H groups in total. The number of halogens is 1. The molecule has 0 heterocycles. The van der Waals surface area contributed by atoms with Crippen LogP contribution in [0.2, 0.25) is 0 Å². The Morgan fingerprint density at radius 3 is 1.12 bits per heavy atom. The van der Waals surface area contributed by atoms with Gasteiger partial charge in [-0.1, -0.05) is 0 Å². The number of phosphoric acid groups is 1. The van der Waals surface area contributed by atoms with Crippen molar-refractivity contribution in [1.29, 1.82) is 0 Å². The van der Waals surface area contributed by atoms with Crippen molar-refractivity contribution in [3.05, 3.63) is 0 Å². The van der Waals surface area contributed by atoms with Crippen LogP contribution in [0.3, 0.4) is 0 Å². The molecule has 0 fully saturated rings. The predicted octanol–water partition coefficient (Wildman–Crippen LogP) is -1.85. The standard InChI is InChI=1S/CH2O3.Ba.Ca.Ce.FH.La.H3O4P.H2O.Sr.6H/c2-1(3)4;;;;;;1-5(2,3)4;;;;;;;;/h(H2,2,3,4);;;;1H;;(H3,1,2,3,4);1H2;;;;;;;/q;2*+2;;;;;;+2;6*-1. The van der Waals surface area contributed by atoms with Gasteiger partial charge in [0.05, 0.1) is 0 Å². The van der Waals surface area contributed by atoms with Gasteiger partial charge in [0.1, 0.15) is 0 Å². The predicted molar refractivity (Wildman–Crippen MR) is 55.0 cm³/mol. The maximum Gasteiger partial charge on any atom is 2.00 e. The molecule has 0 bridgehead atoms. The largest absolute Gasteiger partial charge is 2.00 e. The molecule has 0 saturated carbocycles. The minimum atomic E-state index is -4.64. The Hall–Kier alpha value is 6.15. The fourth-order valence-corrected chi connectivity index (χ4v) is 0. The maximum atomic E-state index is 8.88. The first kappa shape index (κ1) is 57.3. The van der Waals surface area contributed by atoms with Crippen LogP contribution < -0.4 is 0 Å². The van der Waals surface area contributed by atoms with Crippen molar-refractivity contribution in [2.24, 2.45) is 0 Å². The first-order chi connectivity index (χ1) is 3.73. The molecular weight excluding hydrogens is 734 g/mol. The Morgan fingerprint density at radius 1 is 1.12 bits per heavy atom. The average molecular weight is 748 g/mol. The second kappa shape index (κ2) is 37.4. The van der Waals surface area contributed by atoms with Crippen molar-refractivity contribution in [2.45, 2.75) is 0 Å². The molecule has 0 unspecified atom stereocenters. The molecule has 0 rings (SSSR count). The van der Waals surface area contributed by atoms with Gasteiger partial charge in [0, 0.05) is 77.3 Å². The number of carboxylic acid groups (broad SMARTS) is 2. The van der Waals surface area contributed by atoms with E-state index in [1.165, 1.54) is 0 Å². The molecule has 0 aromatic heterocycles. The van der Waals surface area contributed by atoms with Gasteiger partial charge in [0.2, 0.25) is 0 Å². The van der Waals surface area contributed by atoms with Gasteiger partial charge in [0.15, 0.2) is 0 Å². The van der Waals surface area contributed by atoms with Crippen LogP contribution in [-0.2, 0) is 4.57 Å². The topological polar surface area (TPSA) is 167 Å². The van der Waals surface area contributed by atoms with E-state index in [1.807, 2.05) is 0 Å². The molecule has 0 aliphatic rings. The molecule has 0 aromatic rings. The summed E-state index contributed by atoms with van der Waals surface area (Å²) >= 11 is 0. The van der Waals surface area contributed by atoms with E-state index in [0.717, 1.165) is 0 Å². The summed E-state index contributed by atoms with van der Waals surface area (Å²) in [6.07, 6.45) is -1.83. The van der Waals surface area contributed by atoms with Crippen molar-refractivity contribution in [3.8, 4) is 0 Å². The molecule has 91 valence electrons. The number of rotatable bonds is 0. The van der Waals surface area contributed by atoms with E-state index in [4.69, 9.17) is 34.3 Å². The molecular formula is CH14BaCaCeFLaO8PSr. The Balaban J connectivity index is -0.00000000216. The minimum absolute atomic E-state index is 0. The van der Waals surface area contributed by atoms with E-state index in [0.29, 0.717) is 0 Å². The maximum absolute atomic E-state index is 8.88. The van der Waals surface area contributed by atoms with E-state index < -0.39 is 14.0 Å². The van der Waals surface area contributed by atoms with Crippen molar-refractivity contribution in [2.75, 3.05) is 0 Å². The molecule has 0 aliphatic carbocycles. The van der Waals surface area contributed by atoms with Crippen LogP contribution in [0.1, 0.15) is 8.56 Å².